The van der Waals surface area contributed by atoms with Crippen LogP contribution >= 0.6 is 0 Å². The quantitative estimate of drug-likeness (QED) is 0.756. The van der Waals surface area contributed by atoms with E-state index >= 15 is 0 Å². The van der Waals surface area contributed by atoms with Gasteiger partial charge in [-0.05, 0) is 55.5 Å². The first-order valence-corrected chi connectivity index (χ1v) is 9.35. The first-order chi connectivity index (χ1) is 11.3. The van der Waals surface area contributed by atoms with Crippen molar-refractivity contribution in [1.82, 2.24) is 5.32 Å². The Morgan fingerprint density at radius 1 is 1.22 bits per heavy atom. The molecule has 1 aromatic rings. The van der Waals surface area contributed by atoms with E-state index < -0.39 is 0 Å². The highest BCUT2D eigenvalue weighted by Crippen LogP contribution is 2.41. The second kappa shape index (κ2) is 8.16. The first kappa shape index (κ1) is 16.8. The minimum atomic E-state index is 0.387. The minimum absolute atomic E-state index is 0.387. The molecule has 0 aromatic heterocycles. The van der Waals surface area contributed by atoms with E-state index in [-0.39, 0.29) is 0 Å². The molecule has 1 aliphatic heterocycles. The van der Waals surface area contributed by atoms with Gasteiger partial charge in [0.15, 0.2) is 0 Å². The van der Waals surface area contributed by atoms with Gasteiger partial charge in [0.05, 0.1) is 19.8 Å². The Morgan fingerprint density at radius 3 is 2.96 bits per heavy atom. The molecule has 0 saturated heterocycles. The summed E-state index contributed by atoms with van der Waals surface area (Å²) in [4.78, 5) is 0. The molecule has 0 bridgehead atoms. The maximum Gasteiger partial charge on any atom is 0.119 e. The fourth-order valence-electron chi connectivity index (χ4n) is 4.19. The molecule has 1 fully saturated rings. The van der Waals surface area contributed by atoms with E-state index in [1.54, 1.807) is 7.11 Å². The molecular weight excluding hydrogens is 286 g/mol. The smallest absolute Gasteiger partial charge is 0.119 e. The van der Waals surface area contributed by atoms with Crippen molar-refractivity contribution in [2.45, 2.75) is 76.5 Å². The predicted octanol–water partition coefficient (Wildman–Crippen LogP) is 4.40. The van der Waals surface area contributed by atoms with Gasteiger partial charge in [0.25, 0.3) is 0 Å². The Morgan fingerprint density at radius 2 is 2.13 bits per heavy atom. The third kappa shape index (κ3) is 3.89. The zero-order chi connectivity index (χ0) is 16.1. The van der Waals surface area contributed by atoms with Crippen LogP contribution < -0.4 is 10.1 Å². The Kier molecular flexibility index (Phi) is 5.96. The number of hydrogen-bond donors (Lipinski definition) is 1. The monoisotopic (exact) mass is 317 g/mol. The third-order valence-corrected chi connectivity index (χ3v) is 5.44. The van der Waals surface area contributed by atoms with Crippen LogP contribution in [-0.4, -0.2) is 25.8 Å². The molecule has 0 unspecified atom stereocenters. The molecule has 1 saturated carbocycles. The zero-order valence-electron chi connectivity index (χ0n) is 14.6. The summed E-state index contributed by atoms with van der Waals surface area (Å²) in [5, 5.41) is 3.84. The normalized spacial score (nSPS) is 26.4. The molecule has 3 nitrogen and oxygen atoms in total. The van der Waals surface area contributed by atoms with Crippen molar-refractivity contribution in [2.75, 3.05) is 13.7 Å². The summed E-state index contributed by atoms with van der Waals surface area (Å²) < 4.78 is 11.6. The van der Waals surface area contributed by atoms with Crippen molar-refractivity contribution < 1.29 is 9.47 Å². The van der Waals surface area contributed by atoms with Gasteiger partial charge in [-0.25, -0.2) is 0 Å². The van der Waals surface area contributed by atoms with Gasteiger partial charge in [0.2, 0.25) is 0 Å². The average molecular weight is 317 g/mol. The Hall–Kier alpha value is -1.06. The molecule has 3 rings (SSSR count). The largest absolute Gasteiger partial charge is 0.497 e. The lowest BCUT2D eigenvalue weighted by atomic mass is 9.75. The van der Waals surface area contributed by atoms with Crippen LogP contribution in [0.15, 0.2) is 18.2 Å². The van der Waals surface area contributed by atoms with Gasteiger partial charge in [-0.1, -0.05) is 32.3 Å². The number of nitrogens with one attached hydrogen (secondary N) is 1. The fourth-order valence-corrected chi connectivity index (χ4v) is 4.19. The van der Waals surface area contributed by atoms with Crippen molar-refractivity contribution in [2.24, 2.45) is 0 Å². The van der Waals surface area contributed by atoms with E-state index in [0.717, 1.165) is 18.9 Å². The van der Waals surface area contributed by atoms with E-state index in [1.807, 2.05) is 0 Å². The summed E-state index contributed by atoms with van der Waals surface area (Å²) in [6, 6.07) is 7.08. The van der Waals surface area contributed by atoms with Crippen molar-refractivity contribution in [1.29, 1.82) is 0 Å². The Balaban J connectivity index is 1.69. The number of methoxy groups -OCH3 is 1. The molecule has 23 heavy (non-hydrogen) atoms. The van der Waals surface area contributed by atoms with Crippen LogP contribution in [0.1, 0.15) is 68.9 Å². The number of hydrogen-bond acceptors (Lipinski definition) is 3. The molecule has 1 aromatic carbocycles. The van der Waals surface area contributed by atoms with Crippen LogP contribution in [0, 0.1) is 0 Å². The van der Waals surface area contributed by atoms with E-state index in [9.17, 15) is 0 Å². The highest BCUT2D eigenvalue weighted by atomic mass is 16.5. The lowest BCUT2D eigenvalue weighted by Crippen LogP contribution is -2.46. The maximum atomic E-state index is 6.19. The predicted molar refractivity (Wildman–Crippen MR) is 94.1 cm³/mol. The van der Waals surface area contributed by atoms with Gasteiger partial charge < -0.3 is 14.8 Å². The molecule has 3 atom stereocenters. The zero-order valence-corrected chi connectivity index (χ0v) is 14.6. The highest BCUT2D eigenvalue weighted by molar-refractivity contribution is 5.40. The fraction of sp³-hybridized carbons (Fsp3) is 0.700. The number of rotatable bonds is 7. The van der Waals surface area contributed by atoms with E-state index in [1.165, 1.54) is 56.1 Å². The molecule has 1 heterocycles. The van der Waals surface area contributed by atoms with Gasteiger partial charge in [-0.2, -0.15) is 0 Å². The molecular formula is C20H31NO2. The van der Waals surface area contributed by atoms with Crippen molar-refractivity contribution >= 4 is 0 Å². The first-order valence-electron chi connectivity index (χ1n) is 9.35. The highest BCUT2D eigenvalue weighted by Gasteiger charge is 2.38. The summed E-state index contributed by atoms with van der Waals surface area (Å²) in [5.74, 6) is 1.44. The van der Waals surface area contributed by atoms with Gasteiger partial charge in [-0.15, -0.1) is 0 Å². The summed E-state index contributed by atoms with van der Waals surface area (Å²) in [6.45, 7) is 4.14. The van der Waals surface area contributed by atoms with Gasteiger partial charge in [-0.3, -0.25) is 0 Å². The van der Waals surface area contributed by atoms with Crippen LogP contribution in [0.25, 0.3) is 0 Å². The number of fused-ring (bicyclic) bond motifs is 3. The summed E-state index contributed by atoms with van der Waals surface area (Å²) in [5.41, 5.74) is 2.79. The lowest BCUT2D eigenvalue weighted by Gasteiger charge is -2.42. The van der Waals surface area contributed by atoms with Crippen LogP contribution in [0.3, 0.4) is 0 Å². The molecule has 0 spiro atoms. The topological polar surface area (TPSA) is 30.5 Å². The summed E-state index contributed by atoms with van der Waals surface area (Å²) >= 11 is 0. The molecule has 128 valence electrons. The van der Waals surface area contributed by atoms with Gasteiger partial charge in [0, 0.05) is 12.0 Å². The van der Waals surface area contributed by atoms with E-state index in [2.05, 4.69) is 30.4 Å². The van der Waals surface area contributed by atoms with Crippen molar-refractivity contribution in [3.63, 3.8) is 0 Å². The van der Waals surface area contributed by atoms with Crippen LogP contribution in [0.4, 0.5) is 0 Å². The van der Waals surface area contributed by atoms with Crippen molar-refractivity contribution in [3.05, 3.63) is 29.3 Å². The minimum Gasteiger partial charge on any atom is -0.497 e. The van der Waals surface area contributed by atoms with Crippen LogP contribution in [0.2, 0.25) is 0 Å². The van der Waals surface area contributed by atoms with Gasteiger partial charge in [0.1, 0.15) is 5.75 Å². The standard InChI is InChI=1S/C20H31NO2/c1-3-4-5-6-12-21-18-8-7-9-19-20(18)17-11-10-16(22-2)13-15(17)14-23-19/h10-11,13,18-21H,3-9,12,14H2,1-2H3/t18-,19-,20+/m1/s1. The van der Waals surface area contributed by atoms with Crippen molar-refractivity contribution in [3.8, 4) is 5.75 Å². The Labute approximate surface area is 140 Å². The number of unbranched alkanes of at least 4 members (excludes halogenated alkanes) is 3. The summed E-state index contributed by atoms with van der Waals surface area (Å²) in [6.07, 6.45) is 9.42. The summed E-state index contributed by atoms with van der Waals surface area (Å²) in [7, 11) is 1.73. The van der Waals surface area contributed by atoms with Gasteiger partial charge >= 0.3 is 0 Å². The Bertz CT molecular complexity index is 502. The van der Waals surface area contributed by atoms with E-state index in [4.69, 9.17) is 9.47 Å². The molecule has 1 aliphatic carbocycles. The molecule has 0 amide bonds. The second-order valence-electron chi connectivity index (χ2n) is 6.99. The maximum absolute atomic E-state index is 6.19. The van der Waals surface area contributed by atoms with E-state index in [0.29, 0.717) is 18.1 Å². The molecule has 2 aliphatic rings. The van der Waals surface area contributed by atoms with Crippen LogP contribution in [0.5, 0.6) is 5.75 Å². The SMILES string of the molecule is CCCCCCN[C@@H]1CCC[C@H]2OCc3cc(OC)ccc3[C@@H]12. The molecule has 3 heteroatoms. The van der Waals surface area contributed by atoms with Crippen LogP contribution in [-0.2, 0) is 11.3 Å². The number of benzene rings is 1. The number of ether oxygens (including phenoxy) is 2. The third-order valence-electron chi connectivity index (χ3n) is 5.44. The lowest BCUT2D eigenvalue weighted by molar-refractivity contribution is -0.0218. The second-order valence-corrected chi connectivity index (χ2v) is 6.99. The molecule has 0 radical (unpaired) electrons. The average Bonchev–Trinajstić information content (AvgIpc) is 2.60. The molecule has 1 N–H and O–H groups in total.